The lowest BCUT2D eigenvalue weighted by Gasteiger charge is -2.02. The Labute approximate surface area is 55.4 Å². The average molecular weight is 172 g/mol. The molecule has 0 saturated heterocycles. The Balaban J connectivity index is 3.39. The normalized spacial score (nSPS) is 11.0. The smallest absolute Gasteiger partial charge is 0.450 e. The van der Waals surface area contributed by atoms with Crippen LogP contribution >= 0.6 is 7.82 Å². The third-order valence-corrected chi connectivity index (χ3v) is 0.845. The quantitative estimate of drug-likeness (QED) is 0.305. The minimum absolute atomic E-state index is 0.973. The highest BCUT2D eigenvalue weighted by atomic mass is 31.2. The summed E-state index contributed by atoms with van der Waals surface area (Å²) in [5.41, 5.74) is 0. The number of hydrogen-bond donors (Lipinski definition) is 3. The van der Waals surface area contributed by atoms with Crippen molar-refractivity contribution in [2.75, 3.05) is 6.79 Å². The number of carbonyl (C=O) groups is 1. The van der Waals surface area contributed by atoms with Crippen molar-refractivity contribution in [3.63, 3.8) is 0 Å². The molecule has 0 rings (SSSR count). The number of phosphoric acid groups is 1. The van der Waals surface area contributed by atoms with Gasteiger partial charge in [0.05, 0.1) is 0 Å². The van der Waals surface area contributed by atoms with E-state index in [-0.39, 0.29) is 0 Å². The average Bonchev–Trinajstić information content (AvgIpc) is 1.59. The molecule has 7 nitrogen and oxygen atoms in total. The molecule has 0 aliphatic rings. The summed E-state index contributed by atoms with van der Waals surface area (Å²) in [5.74, 6) is 0. The second-order valence-electron chi connectivity index (χ2n) is 1.15. The molecule has 0 fully saturated rings. The van der Waals surface area contributed by atoms with Crippen LogP contribution in [0.5, 0.6) is 0 Å². The fourth-order valence-corrected chi connectivity index (χ4v) is 0.335. The molecule has 3 N–H and O–H groups in total. The van der Waals surface area contributed by atoms with E-state index in [1.54, 1.807) is 0 Å². The summed E-state index contributed by atoms with van der Waals surface area (Å²) in [5, 5.41) is 7.76. The Bertz CT molecular complexity index is 157. The van der Waals surface area contributed by atoms with Gasteiger partial charge in [-0.15, -0.1) is 0 Å². The highest BCUT2D eigenvalue weighted by molar-refractivity contribution is 7.46. The van der Waals surface area contributed by atoms with Crippen molar-refractivity contribution in [3.8, 4) is 0 Å². The molecule has 0 aromatic heterocycles. The first-order valence-electron chi connectivity index (χ1n) is 1.97. The van der Waals surface area contributed by atoms with Crippen LogP contribution in [0.2, 0.25) is 0 Å². The van der Waals surface area contributed by atoms with Crippen LogP contribution in [0.3, 0.4) is 0 Å². The molecule has 0 unspecified atom stereocenters. The lowest BCUT2D eigenvalue weighted by molar-refractivity contribution is 0.0127. The fraction of sp³-hybridized carbons (Fsp3) is 0.500. The molecule has 0 amide bonds. The van der Waals surface area contributed by atoms with Crippen molar-refractivity contribution in [2.24, 2.45) is 0 Å². The molecule has 0 atom stereocenters. The topological polar surface area (TPSA) is 113 Å². The van der Waals surface area contributed by atoms with Crippen molar-refractivity contribution in [1.29, 1.82) is 0 Å². The molecule has 0 spiro atoms. The van der Waals surface area contributed by atoms with Gasteiger partial charge in [0.2, 0.25) is 6.79 Å². The molecule has 0 aromatic rings. The first-order chi connectivity index (χ1) is 4.42. The minimum Gasteiger partial charge on any atom is -0.450 e. The van der Waals surface area contributed by atoms with E-state index in [9.17, 15) is 9.36 Å². The monoisotopic (exact) mass is 172 g/mol. The van der Waals surface area contributed by atoms with Crippen molar-refractivity contribution in [3.05, 3.63) is 0 Å². The fourth-order valence-electron chi connectivity index (χ4n) is 0.145. The maximum atomic E-state index is 9.81. The van der Waals surface area contributed by atoms with Gasteiger partial charge in [-0.3, -0.25) is 0 Å². The van der Waals surface area contributed by atoms with Crippen LogP contribution in [-0.2, 0) is 13.8 Å². The van der Waals surface area contributed by atoms with Crippen molar-refractivity contribution < 1.29 is 33.5 Å². The predicted molar refractivity (Wildman–Crippen MR) is 27.1 cm³/mol. The molecule has 0 aliphatic heterocycles. The Hall–Kier alpha value is -0.620. The SMILES string of the molecule is O=C(O)OCOP(=O)(O)O. The summed E-state index contributed by atoms with van der Waals surface area (Å²) in [6, 6.07) is 0. The van der Waals surface area contributed by atoms with Crippen LogP contribution in [-0.4, -0.2) is 27.8 Å². The first-order valence-corrected chi connectivity index (χ1v) is 3.50. The Morgan fingerprint density at radius 2 is 2.00 bits per heavy atom. The molecule has 60 valence electrons. The molecular weight excluding hydrogens is 167 g/mol. The van der Waals surface area contributed by atoms with Gasteiger partial charge in [0.25, 0.3) is 0 Å². The minimum atomic E-state index is -4.61. The first kappa shape index (κ1) is 9.38. The van der Waals surface area contributed by atoms with Gasteiger partial charge in [-0.1, -0.05) is 0 Å². The van der Waals surface area contributed by atoms with Crippen molar-refractivity contribution >= 4 is 14.0 Å². The zero-order valence-electron chi connectivity index (χ0n) is 4.63. The summed E-state index contributed by atoms with van der Waals surface area (Å²) in [6.45, 7) is -0.973. The lowest BCUT2D eigenvalue weighted by Crippen LogP contribution is -2.03. The van der Waals surface area contributed by atoms with Gasteiger partial charge < -0.3 is 19.6 Å². The highest BCUT2D eigenvalue weighted by Crippen LogP contribution is 2.35. The second-order valence-corrected chi connectivity index (χ2v) is 2.39. The van der Waals surface area contributed by atoms with Crippen LogP contribution in [0.15, 0.2) is 0 Å². The van der Waals surface area contributed by atoms with E-state index in [1.807, 2.05) is 0 Å². The van der Waals surface area contributed by atoms with Crippen LogP contribution in [0.25, 0.3) is 0 Å². The summed E-state index contributed by atoms with van der Waals surface area (Å²) >= 11 is 0. The van der Waals surface area contributed by atoms with Gasteiger partial charge >= 0.3 is 14.0 Å². The van der Waals surface area contributed by atoms with E-state index in [4.69, 9.17) is 14.9 Å². The van der Waals surface area contributed by atoms with Gasteiger partial charge in [-0.2, -0.15) is 0 Å². The predicted octanol–water partition coefficient (Wildman–Crippen LogP) is -0.252. The van der Waals surface area contributed by atoms with Crippen molar-refractivity contribution in [2.45, 2.75) is 0 Å². The van der Waals surface area contributed by atoms with E-state index in [2.05, 4.69) is 9.26 Å². The van der Waals surface area contributed by atoms with Crippen molar-refractivity contribution in [1.82, 2.24) is 0 Å². The summed E-state index contributed by atoms with van der Waals surface area (Å²) in [7, 11) is -4.61. The zero-order valence-corrected chi connectivity index (χ0v) is 5.52. The molecule has 0 aromatic carbocycles. The molecule has 0 saturated carbocycles. The Morgan fingerprint density at radius 1 is 1.50 bits per heavy atom. The van der Waals surface area contributed by atoms with Crippen LogP contribution in [0, 0.1) is 0 Å². The summed E-state index contributed by atoms with van der Waals surface area (Å²) < 4.78 is 17.0. The van der Waals surface area contributed by atoms with Gasteiger partial charge in [-0.25, -0.2) is 13.9 Å². The summed E-state index contributed by atoms with van der Waals surface area (Å²) in [4.78, 5) is 25.4. The number of phosphoric ester groups is 1. The number of ether oxygens (including phenoxy) is 1. The van der Waals surface area contributed by atoms with E-state index < -0.39 is 20.8 Å². The molecule has 8 heteroatoms. The van der Waals surface area contributed by atoms with E-state index in [0.29, 0.717) is 0 Å². The zero-order chi connectivity index (χ0) is 8.20. The third-order valence-electron chi connectivity index (χ3n) is 0.403. The maximum Gasteiger partial charge on any atom is 0.507 e. The molecular formula is C2H5O7P. The van der Waals surface area contributed by atoms with E-state index >= 15 is 0 Å². The van der Waals surface area contributed by atoms with Gasteiger partial charge in [0.15, 0.2) is 0 Å². The highest BCUT2D eigenvalue weighted by Gasteiger charge is 2.14. The lowest BCUT2D eigenvalue weighted by atomic mass is 11.3. The van der Waals surface area contributed by atoms with Gasteiger partial charge in [-0.05, 0) is 0 Å². The Kier molecular flexibility index (Phi) is 3.31. The molecule has 10 heavy (non-hydrogen) atoms. The molecule has 0 radical (unpaired) electrons. The third kappa shape index (κ3) is 7.38. The van der Waals surface area contributed by atoms with Gasteiger partial charge in [0.1, 0.15) is 0 Å². The standard InChI is InChI=1S/C2H5O7P/c3-2(4)8-1-9-10(5,6)7/h1H2,(H,3,4)(H2,5,6,7). The number of carboxylic acid groups (broad SMARTS) is 1. The van der Waals surface area contributed by atoms with Gasteiger partial charge in [0, 0.05) is 0 Å². The summed E-state index contributed by atoms with van der Waals surface area (Å²) in [6.07, 6.45) is -1.66. The molecule has 0 bridgehead atoms. The number of rotatable bonds is 3. The largest absolute Gasteiger partial charge is 0.507 e. The van der Waals surface area contributed by atoms with E-state index in [1.165, 1.54) is 0 Å². The molecule has 0 heterocycles. The Morgan fingerprint density at radius 3 is 2.30 bits per heavy atom. The van der Waals surface area contributed by atoms with Crippen LogP contribution in [0.4, 0.5) is 4.79 Å². The van der Waals surface area contributed by atoms with Crippen LogP contribution < -0.4 is 0 Å². The van der Waals surface area contributed by atoms with Crippen LogP contribution in [0.1, 0.15) is 0 Å². The van der Waals surface area contributed by atoms with E-state index in [0.717, 1.165) is 0 Å². The second kappa shape index (κ2) is 3.52. The number of hydrogen-bond acceptors (Lipinski definition) is 4. The molecule has 0 aliphatic carbocycles. The maximum absolute atomic E-state index is 9.81.